The average molecular weight is 728 g/mol. The van der Waals surface area contributed by atoms with Crippen LogP contribution in [0.3, 0.4) is 0 Å². The molecule has 0 aliphatic rings. The number of nitrogens with zero attached hydrogens (tertiary/aromatic N) is 5. The molecule has 5 nitrogen and oxygen atoms in total. The standard InChI is InChI=1S/C52H33N5/c1-3-16-34(17-4-1)52-53-44(33-49(54-52)57-47-28-13-7-22-38(47)39-23-8-14-29-48(39)57)35-18-15-21-37(32-35)56-46-27-12-10-25-41(46)43-31-30-42-40-24-9-11-26-45(40)55(50(42)51(43)56)36-19-5-2-6-20-36/h1-33H. The highest BCUT2D eigenvalue weighted by atomic mass is 15.1. The van der Waals surface area contributed by atoms with E-state index in [1.807, 2.05) is 18.2 Å². The summed E-state index contributed by atoms with van der Waals surface area (Å²) in [4.78, 5) is 10.5. The van der Waals surface area contributed by atoms with Gasteiger partial charge in [0.1, 0.15) is 5.82 Å². The Labute approximate surface area is 328 Å². The Balaban J connectivity index is 1.14. The summed E-state index contributed by atoms with van der Waals surface area (Å²) in [6, 6.07) is 71.2. The van der Waals surface area contributed by atoms with E-state index in [2.05, 4.69) is 196 Å². The third kappa shape index (κ3) is 4.76. The van der Waals surface area contributed by atoms with Crippen LogP contribution in [0.4, 0.5) is 0 Å². The Morgan fingerprint density at radius 1 is 0.298 bits per heavy atom. The first-order valence-electron chi connectivity index (χ1n) is 19.3. The van der Waals surface area contributed by atoms with Crippen LogP contribution in [-0.2, 0) is 0 Å². The van der Waals surface area contributed by atoms with Gasteiger partial charge in [0, 0.05) is 60.9 Å². The fraction of sp³-hybridized carbons (Fsp3) is 0. The summed E-state index contributed by atoms with van der Waals surface area (Å²) in [6.45, 7) is 0. The number of hydrogen-bond donors (Lipinski definition) is 0. The predicted octanol–water partition coefficient (Wildman–Crippen LogP) is 13.1. The fourth-order valence-electron chi connectivity index (χ4n) is 9.00. The maximum Gasteiger partial charge on any atom is 0.162 e. The summed E-state index contributed by atoms with van der Waals surface area (Å²) < 4.78 is 7.15. The number of benzene rings is 8. The van der Waals surface area contributed by atoms with Crippen molar-refractivity contribution in [1.82, 2.24) is 23.7 Å². The molecule has 0 bridgehead atoms. The second-order valence-corrected chi connectivity index (χ2v) is 14.6. The monoisotopic (exact) mass is 727 g/mol. The molecule has 0 aliphatic carbocycles. The van der Waals surface area contributed by atoms with Crippen molar-refractivity contribution in [3.05, 3.63) is 200 Å². The number of rotatable bonds is 5. The van der Waals surface area contributed by atoms with Gasteiger partial charge < -0.3 is 9.13 Å². The first-order chi connectivity index (χ1) is 28.3. The summed E-state index contributed by atoms with van der Waals surface area (Å²) in [7, 11) is 0. The van der Waals surface area contributed by atoms with Crippen molar-refractivity contribution < 1.29 is 0 Å². The molecule has 0 aliphatic heterocycles. The summed E-state index contributed by atoms with van der Waals surface area (Å²) >= 11 is 0. The van der Waals surface area contributed by atoms with Crippen LogP contribution >= 0.6 is 0 Å². The minimum atomic E-state index is 0.682. The summed E-state index contributed by atoms with van der Waals surface area (Å²) in [6.07, 6.45) is 0. The van der Waals surface area contributed by atoms with Crippen molar-refractivity contribution in [3.8, 4) is 39.8 Å². The van der Waals surface area contributed by atoms with Crippen molar-refractivity contribution >= 4 is 65.4 Å². The molecule has 0 radical (unpaired) electrons. The topological polar surface area (TPSA) is 40.6 Å². The van der Waals surface area contributed by atoms with Crippen LogP contribution in [0.2, 0.25) is 0 Å². The van der Waals surface area contributed by atoms with Gasteiger partial charge in [-0.3, -0.25) is 4.57 Å². The Bertz CT molecular complexity index is 3460. The van der Waals surface area contributed by atoms with Gasteiger partial charge in [-0.15, -0.1) is 0 Å². The highest BCUT2D eigenvalue weighted by molar-refractivity contribution is 6.23. The van der Waals surface area contributed by atoms with Gasteiger partial charge in [-0.1, -0.05) is 146 Å². The molecule has 0 amide bonds. The number of hydrogen-bond acceptors (Lipinski definition) is 2. The highest BCUT2D eigenvalue weighted by Gasteiger charge is 2.22. The van der Waals surface area contributed by atoms with Gasteiger partial charge in [0.2, 0.25) is 0 Å². The van der Waals surface area contributed by atoms with Crippen LogP contribution < -0.4 is 0 Å². The number of aromatic nitrogens is 5. The fourth-order valence-corrected chi connectivity index (χ4v) is 9.00. The lowest BCUT2D eigenvalue weighted by molar-refractivity contribution is 1.05. The summed E-state index contributed by atoms with van der Waals surface area (Å²) in [5.74, 6) is 1.51. The smallest absolute Gasteiger partial charge is 0.162 e. The normalized spacial score (nSPS) is 11.9. The van der Waals surface area contributed by atoms with Gasteiger partial charge in [-0.05, 0) is 48.5 Å². The Morgan fingerprint density at radius 2 is 0.737 bits per heavy atom. The van der Waals surface area contributed by atoms with Gasteiger partial charge in [0.25, 0.3) is 0 Å². The molecule has 0 saturated heterocycles. The van der Waals surface area contributed by atoms with E-state index in [0.717, 1.165) is 50.6 Å². The molecule has 0 spiro atoms. The van der Waals surface area contributed by atoms with Crippen molar-refractivity contribution in [3.63, 3.8) is 0 Å². The van der Waals surface area contributed by atoms with Gasteiger partial charge in [-0.2, -0.15) is 0 Å². The Kier molecular flexibility index (Phi) is 6.86. The summed E-state index contributed by atoms with van der Waals surface area (Å²) in [5, 5.41) is 7.28. The third-order valence-electron chi connectivity index (χ3n) is 11.4. The third-order valence-corrected chi connectivity index (χ3v) is 11.4. The molecule has 0 atom stereocenters. The summed E-state index contributed by atoms with van der Waals surface area (Å²) in [5.41, 5.74) is 11.9. The maximum atomic E-state index is 5.29. The van der Waals surface area contributed by atoms with E-state index in [1.54, 1.807) is 0 Å². The first kappa shape index (κ1) is 31.6. The van der Waals surface area contributed by atoms with E-state index in [1.165, 1.54) is 48.9 Å². The molecule has 266 valence electrons. The van der Waals surface area contributed by atoms with E-state index in [-0.39, 0.29) is 0 Å². The number of fused-ring (bicyclic) bond motifs is 10. The zero-order valence-electron chi connectivity index (χ0n) is 30.8. The van der Waals surface area contributed by atoms with Crippen molar-refractivity contribution in [2.45, 2.75) is 0 Å². The predicted molar refractivity (Wildman–Crippen MR) is 236 cm³/mol. The molecule has 12 rings (SSSR count). The molecule has 0 unspecified atom stereocenters. The van der Waals surface area contributed by atoms with Crippen LogP contribution in [0.1, 0.15) is 0 Å². The van der Waals surface area contributed by atoms with Gasteiger partial charge in [0.15, 0.2) is 5.82 Å². The molecule has 12 aromatic rings. The van der Waals surface area contributed by atoms with Gasteiger partial charge >= 0.3 is 0 Å². The molecule has 8 aromatic carbocycles. The van der Waals surface area contributed by atoms with Crippen molar-refractivity contribution in [2.24, 2.45) is 0 Å². The largest absolute Gasteiger partial charge is 0.307 e. The van der Waals surface area contributed by atoms with E-state index >= 15 is 0 Å². The number of para-hydroxylation sites is 5. The Morgan fingerprint density at radius 3 is 1.32 bits per heavy atom. The molecule has 4 heterocycles. The molecule has 0 N–H and O–H groups in total. The van der Waals surface area contributed by atoms with Gasteiger partial charge in [-0.25, -0.2) is 9.97 Å². The van der Waals surface area contributed by atoms with E-state index in [0.29, 0.717) is 5.82 Å². The minimum Gasteiger partial charge on any atom is -0.307 e. The van der Waals surface area contributed by atoms with Crippen LogP contribution in [-0.4, -0.2) is 23.7 Å². The second kappa shape index (κ2) is 12.4. The zero-order valence-corrected chi connectivity index (χ0v) is 30.8. The minimum absolute atomic E-state index is 0.682. The lowest BCUT2D eigenvalue weighted by Crippen LogP contribution is -2.03. The van der Waals surface area contributed by atoms with E-state index in [4.69, 9.17) is 9.97 Å². The molecule has 4 aromatic heterocycles. The van der Waals surface area contributed by atoms with E-state index in [9.17, 15) is 0 Å². The molecule has 57 heavy (non-hydrogen) atoms. The van der Waals surface area contributed by atoms with Crippen LogP contribution in [0.5, 0.6) is 0 Å². The molecular formula is C52H33N5. The average Bonchev–Trinajstić information content (AvgIpc) is 3.93. The zero-order chi connectivity index (χ0) is 37.5. The maximum absolute atomic E-state index is 5.29. The first-order valence-corrected chi connectivity index (χ1v) is 19.3. The highest BCUT2D eigenvalue weighted by Crippen LogP contribution is 2.42. The van der Waals surface area contributed by atoms with Crippen molar-refractivity contribution in [2.75, 3.05) is 0 Å². The van der Waals surface area contributed by atoms with Crippen LogP contribution in [0, 0.1) is 0 Å². The SMILES string of the molecule is c1ccc(-c2nc(-c3cccc(-n4c5ccccc5c5ccc6c7ccccc7n(-c7ccccc7)c6c54)c3)cc(-n3c4ccccc4c4ccccc43)n2)cc1. The van der Waals surface area contributed by atoms with Crippen LogP contribution in [0.25, 0.3) is 105 Å². The lowest BCUT2D eigenvalue weighted by atomic mass is 10.1. The van der Waals surface area contributed by atoms with Crippen molar-refractivity contribution in [1.29, 1.82) is 0 Å². The molecule has 0 saturated carbocycles. The lowest BCUT2D eigenvalue weighted by Gasteiger charge is -2.14. The quantitative estimate of drug-likeness (QED) is 0.177. The Hall–Kier alpha value is -7.76. The molecule has 0 fully saturated rings. The molecular weight excluding hydrogens is 695 g/mol. The molecule has 5 heteroatoms. The van der Waals surface area contributed by atoms with Gasteiger partial charge in [0.05, 0.1) is 38.8 Å². The van der Waals surface area contributed by atoms with Crippen LogP contribution in [0.15, 0.2) is 200 Å². The van der Waals surface area contributed by atoms with E-state index < -0.39 is 0 Å². The second-order valence-electron chi connectivity index (χ2n) is 14.6.